The number of rotatable bonds is 4. The van der Waals surface area contributed by atoms with Gasteiger partial charge in [0.05, 0.1) is 5.56 Å². The molecule has 0 aliphatic carbocycles. The summed E-state index contributed by atoms with van der Waals surface area (Å²) in [5.74, 6) is 0.387. The third kappa shape index (κ3) is 3.60. The number of amides is 1. The van der Waals surface area contributed by atoms with Crippen molar-refractivity contribution in [1.82, 2.24) is 29.9 Å². The summed E-state index contributed by atoms with van der Waals surface area (Å²) < 4.78 is 6.91. The van der Waals surface area contributed by atoms with Crippen molar-refractivity contribution in [1.29, 1.82) is 0 Å². The van der Waals surface area contributed by atoms with Crippen molar-refractivity contribution in [2.75, 3.05) is 31.1 Å². The molecule has 0 saturated carbocycles. The van der Waals surface area contributed by atoms with Crippen molar-refractivity contribution in [2.24, 2.45) is 0 Å². The predicted molar refractivity (Wildman–Crippen MR) is 105 cm³/mol. The number of piperazine rings is 1. The molecule has 1 amide bonds. The highest BCUT2D eigenvalue weighted by atomic mass is 16.5. The first kappa shape index (κ1) is 18.8. The second kappa shape index (κ2) is 7.82. The van der Waals surface area contributed by atoms with Gasteiger partial charge in [-0.2, -0.15) is 0 Å². The zero-order chi connectivity index (χ0) is 20.4. The molecule has 1 aromatic carbocycles. The van der Waals surface area contributed by atoms with Gasteiger partial charge in [0.15, 0.2) is 17.0 Å². The number of aryl methyl sites for hydroxylation is 1. The van der Waals surface area contributed by atoms with E-state index in [2.05, 4.69) is 25.2 Å². The van der Waals surface area contributed by atoms with Gasteiger partial charge in [-0.05, 0) is 19.1 Å². The summed E-state index contributed by atoms with van der Waals surface area (Å²) in [4.78, 5) is 36.8. The fourth-order valence-electron chi connectivity index (χ4n) is 3.40. The van der Waals surface area contributed by atoms with E-state index >= 15 is 0 Å². The zero-order valence-corrected chi connectivity index (χ0v) is 16.3. The number of esters is 1. The maximum absolute atomic E-state index is 13.0. The number of aromatic nitrogens is 5. The fourth-order valence-corrected chi connectivity index (χ4v) is 3.40. The summed E-state index contributed by atoms with van der Waals surface area (Å²) >= 11 is 0. The highest BCUT2D eigenvalue weighted by Crippen LogP contribution is 2.24. The molecule has 2 aromatic heterocycles. The number of hydrogen-bond acceptors (Lipinski definition) is 8. The Morgan fingerprint density at radius 2 is 1.86 bits per heavy atom. The molecule has 0 atom stereocenters. The van der Waals surface area contributed by atoms with Crippen LogP contribution in [-0.2, 0) is 11.3 Å². The molecule has 4 rings (SSSR count). The Bertz CT molecular complexity index is 1060. The number of fused-ring (bicyclic) bond motifs is 1. The second-order valence-electron chi connectivity index (χ2n) is 6.64. The number of para-hydroxylation sites is 1. The second-order valence-corrected chi connectivity index (χ2v) is 6.64. The largest absolute Gasteiger partial charge is 0.426 e. The maximum atomic E-state index is 13.0. The SMILES string of the molecule is CCn1nnc2c(N3CCN(C(=O)c4ccccc4OC(C)=O)CC3)ncnc21. The van der Waals surface area contributed by atoms with E-state index in [0.717, 1.165) is 5.82 Å². The summed E-state index contributed by atoms with van der Waals surface area (Å²) in [5, 5.41) is 8.34. The number of anilines is 1. The van der Waals surface area contributed by atoms with E-state index in [1.54, 1.807) is 33.8 Å². The van der Waals surface area contributed by atoms with Gasteiger partial charge in [0.2, 0.25) is 0 Å². The van der Waals surface area contributed by atoms with Crippen molar-refractivity contribution in [2.45, 2.75) is 20.4 Å². The molecular formula is C19H21N7O3. The van der Waals surface area contributed by atoms with Crippen LogP contribution in [0.15, 0.2) is 30.6 Å². The van der Waals surface area contributed by atoms with E-state index in [1.165, 1.54) is 13.3 Å². The van der Waals surface area contributed by atoms with Crippen molar-refractivity contribution in [3.05, 3.63) is 36.2 Å². The number of carbonyl (C=O) groups excluding carboxylic acids is 2. The molecule has 3 aromatic rings. The molecule has 1 fully saturated rings. The van der Waals surface area contributed by atoms with Gasteiger partial charge in [0.1, 0.15) is 12.1 Å². The van der Waals surface area contributed by atoms with Crippen LogP contribution in [0.1, 0.15) is 24.2 Å². The number of carbonyl (C=O) groups is 2. The molecule has 0 unspecified atom stereocenters. The van der Waals surface area contributed by atoms with Gasteiger partial charge in [-0.3, -0.25) is 9.59 Å². The monoisotopic (exact) mass is 395 g/mol. The lowest BCUT2D eigenvalue weighted by Gasteiger charge is -2.35. The Balaban J connectivity index is 1.50. The molecular weight excluding hydrogens is 374 g/mol. The number of benzene rings is 1. The average molecular weight is 395 g/mol. The van der Waals surface area contributed by atoms with Gasteiger partial charge in [0, 0.05) is 39.6 Å². The molecule has 1 aliphatic rings. The first-order chi connectivity index (χ1) is 14.1. The normalized spacial score (nSPS) is 14.3. The van der Waals surface area contributed by atoms with Gasteiger partial charge >= 0.3 is 5.97 Å². The van der Waals surface area contributed by atoms with Crippen LogP contribution in [0.25, 0.3) is 11.2 Å². The van der Waals surface area contributed by atoms with Crippen molar-refractivity contribution >= 4 is 28.9 Å². The highest BCUT2D eigenvalue weighted by Gasteiger charge is 2.26. The van der Waals surface area contributed by atoms with E-state index < -0.39 is 5.97 Å². The molecule has 0 radical (unpaired) electrons. The van der Waals surface area contributed by atoms with Crippen LogP contribution < -0.4 is 9.64 Å². The minimum Gasteiger partial charge on any atom is -0.426 e. The van der Waals surface area contributed by atoms with E-state index in [0.29, 0.717) is 49.5 Å². The Kier molecular flexibility index (Phi) is 5.07. The van der Waals surface area contributed by atoms with Gasteiger partial charge in [-0.25, -0.2) is 14.6 Å². The molecule has 0 bridgehead atoms. The quantitative estimate of drug-likeness (QED) is 0.478. The minimum absolute atomic E-state index is 0.161. The Hall–Kier alpha value is -3.56. The topological polar surface area (TPSA) is 106 Å². The van der Waals surface area contributed by atoms with E-state index in [-0.39, 0.29) is 11.7 Å². The summed E-state index contributed by atoms with van der Waals surface area (Å²) in [6.07, 6.45) is 1.51. The summed E-state index contributed by atoms with van der Waals surface area (Å²) in [7, 11) is 0. The molecule has 150 valence electrons. The number of hydrogen-bond donors (Lipinski definition) is 0. The molecule has 0 spiro atoms. The Morgan fingerprint density at radius 3 is 2.59 bits per heavy atom. The molecule has 10 heteroatoms. The van der Waals surface area contributed by atoms with Crippen LogP contribution in [0.5, 0.6) is 5.75 Å². The molecule has 1 aliphatic heterocycles. The Labute approximate surface area is 167 Å². The average Bonchev–Trinajstić information content (AvgIpc) is 3.17. The van der Waals surface area contributed by atoms with Crippen molar-refractivity contribution in [3.8, 4) is 5.75 Å². The molecule has 10 nitrogen and oxygen atoms in total. The number of nitrogens with zero attached hydrogens (tertiary/aromatic N) is 7. The van der Waals surface area contributed by atoms with Gasteiger partial charge in [-0.15, -0.1) is 5.10 Å². The van der Waals surface area contributed by atoms with Gasteiger partial charge < -0.3 is 14.5 Å². The third-order valence-electron chi connectivity index (χ3n) is 4.82. The third-order valence-corrected chi connectivity index (χ3v) is 4.82. The molecule has 1 saturated heterocycles. The minimum atomic E-state index is -0.456. The zero-order valence-electron chi connectivity index (χ0n) is 16.3. The van der Waals surface area contributed by atoms with Crippen LogP contribution in [0.3, 0.4) is 0 Å². The lowest BCUT2D eigenvalue weighted by Crippen LogP contribution is -2.49. The van der Waals surface area contributed by atoms with E-state index in [4.69, 9.17) is 4.74 Å². The first-order valence-electron chi connectivity index (χ1n) is 9.44. The summed E-state index contributed by atoms with van der Waals surface area (Å²) in [5.41, 5.74) is 1.74. The first-order valence-corrected chi connectivity index (χ1v) is 9.44. The smallest absolute Gasteiger partial charge is 0.308 e. The van der Waals surface area contributed by atoms with E-state index in [1.807, 2.05) is 6.92 Å². The molecule has 29 heavy (non-hydrogen) atoms. The molecule has 3 heterocycles. The number of ether oxygens (including phenoxy) is 1. The maximum Gasteiger partial charge on any atom is 0.308 e. The highest BCUT2D eigenvalue weighted by molar-refractivity contribution is 5.97. The van der Waals surface area contributed by atoms with Crippen molar-refractivity contribution < 1.29 is 14.3 Å². The lowest BCUT2D eigenvalue weighted by molar-refractivity contribution is -0.131. The van der Waals surface area contributed by atoms with Gasteiger partial charge in [0.25, 0.3) is 5.91 Å². The van der Waals surface area contributed by atoms with Crippen LogP contribution in [0, 0.1) is 0 Å². The van der Waals surface area contributed by atoms with Crippen molar-refractivity contribution in [3.63, 3.8) is 0 Å². The van der Waals surface area contributed by atoms with Crippen LogP contribution in [0.4, 0.5) is 5.82 Å². The van der Waals surface area contributed by atoms with Crippen LogP contribution in [-0.4, -0.2) is 67.9 Å². The van der Waals surface area contributed by atoms with Crippen LogP contribution >= 0.6 is 0 Å². The van der Waals surface area contributed by atoms with E-state index in [9.17, 15) is 9.59 Å². The fraction of sp³-hybridized carbons (Fsp3) is 0.368. The predicted octanol–water partition coefficient (Wildman–Crippen LogP) is 1.13. The summed E-state index contributed by atoms with van der Waals surface area (Å²) in [6.45, 7) is 6.21. The standard InChI is InChI=1S/C19H21N7O3/c1-3-26-18-16(22-23-26)17(20-12-21-18)24-8-10-25(11-9-24)19(28)14-6-4-5-7-15(14)29-13(2)27/h4-7,12H,3,8-11H2,1-2H3. The van der Waals surface area contributed by atoms with Gasteiger partial charge in [-0.1, -0.05) is 17.3 Å². The lowest BCUT2D eigenvalue weighted by atomic mass is 10.1. The summed E-state index contributed by atoms with van der Waals surface area (Å²) in [6, 6.07) is 6.78. The van der Waals surface area contributed by atoms with Crippen LogP contribution in [0.2, 0.25) is 0 Å². The Morgan fingerprint density at radius 1 is 1.10 bits per heavy atom. The molecule has 0 N–H and O–H groups in total.